The van der Waals surface area contributed by atoms with Crippen molar-refractivity contribution in [2.75, 3.05) is 14.1 Å². The van der Waals surface area contributed by atoms with Gasteiger partial charge in [-0.2, -0.15) is 0 Å². The molecule has 1 radical (unpaired) electrons. The van der Waals surface area contributed by atoms with Gasteiger partial charge < -0.3 is 4.90 Å². The van der Waals surface area contributed by atoms with E-state index in [0.29, 0.717) is 5.56 Å². The summed E-state index contributed by atoms with van der Waals surface area (Å²) in [6, 6.07) is 6.39. The summed E-state index contributed by atoms with van der Waals surface area (Å²) in [7, 11) is 3.24. The van der Waals surface area contributed by atoms with E-state index in [9.17, 15) is 9.18 Å². The van der Waals surface area contributed by atoms with Gasteiger partial charge in [0.25, 0.3) is 5.91 Å². The Kier molecular flexibility index (Phi) is 2.43. The van der Waals surface area contributed by atoms with Gasteiger partial charge in [-0.25, -0.2) is 4.39 Å². The second kappa shape index (κ2) is 3.34. The predicted octanol–water partition coefficient (Wildman–Crippen LogP) is 1.33. The Hall–Kier alpha value is -1.38. The SMILES string of the molecule is CN(C)C(=O)c1c[c]cc(F)c1. The van der Waals surface area contributed by atoms with Gasteiger partial charge in [-0.1, -0.05) is 0 Å². The molecule has 0 heterocycles. The van der Waals surface area contributed by atoms with Crippen LogP contribution in [0.2, 0.25) is 0 Å². The molecule has 1 aromatic carbocycles. The molecule has 0 aliphatic heterocycles. The summed E-state index contributed by atoms with van der Waals surface area (Å²) >= 11 is 0. The Morgan fingerprint density at radius 2 is 2.17 bits per heavy atom. The third-order valence-electron chi connectivity index (χ3n) is 1.41. The second-order valence-corrected chi connectivity index (χ2v) is 2.64. The molecule has 0 unspecified atom stereocenters. The summed E-state index contributed by atoms with van der Waals surface area (Å²) in [4.78, 5) is 12.6. The van der Waals surface area contributed by atoms with E-state index in [1.165, 1.54) is 23.1 Å². The van der Waals surface area contributed by atoms with Crippen LogP contribution in [0.25, 0.3) is 0 Å². The Balaban J connectivity index is 2.96. The first kappa shape index (κ1) is 8.71. The van der Waals surface area contributed by atoms with Crippen LogP contribution in [0.3, 0.4) is 0 Å². The average molecular weight is 166 g/mol. The zero-order valence-electron chi connectivity index (χ0n) is 6.97. The van der Waals surface area contributed by atoms with Crippen LogP contribution in [0.1, 0.15) is 10.4 Å². The lowest BCUT2D eigenvalue weighted by Gasteiger charge is -2.09. The Morgan fingerprint density at radius 3 is 2.67 bits per heavy atom. The standard InChI is InChI=1S/C9H9FNO/c1-11(2)9(12)7-4-3-5-8(10)6-7/h4-6H,1-2H3. The second-order valence-electron chi connectivity index (χ2n) is 2.64. The van der Waals surface area contributed by atoms with Crippen molar-refractivity contribution < 1.29 is 9.18 Å². The molecule has 1 rings (SSSR count). The molecule has 1 aromatic rings. The summed E-state index contributed by atoms with van der Waals surface area (Å²) in [5.41, 5.74) is 0.319. The third kappa shape index (κ3) is 1.81. The molecule has 1 amide bonds. The molecular formula is C9H9FNO. The number of hydrogen-bond donors (Lipinski definition) is 0. The quantitative estimate of drug-likeness (QED) is 0.616. The van der Waals surface area contributed by atoms with Crippen LogP contribution >= 0.6 is 0 Å². The molecule has 0 fully saturated rings. The number of halogens is 1. The van der Waals surface area contributed by atoms with Gasteiger partial charge >= 0.3 is 0 Å². The summed E-state index contributed by atoms with van der Waals surface area (Å²) in [6.45, 7) is 0. The van der Waals surface area contributed by atoms with E-state index in [0.717, 1.165) is 0 Å². The van der Waals surface area contributed by atoms with E-state index in [1.807, 2.05) is 0 Å². The fourth-order valence-electron chi connectivity index (χ4n) is 0.825. The number of carbonyl (C=O) groups is 1. The zero-order valence-corrected chi connectivity index (χ0v) is 6.97. The maximum Gasteiger partial charge on any atom is 0.253 e. The maximum atomic E-state index is 12.6. The third-order valence-corrected chi connectivity index (χ3v) is 1.41. The normalized spacial score (nSPS) is 9.58. The van der Waals surface area contributed by atoms with Crippen LogP contribution in [0.15, 0.2) is 18.2 Å². The van der Waals surface area contributed by atoms with E-state index >= 15 is 0 Å². The minimum Gasteiger partial charge on any atom is -0.345 e. The molecule has 0 aliphatic rings. The molecular weight excluding hydrogens is 157 g/mol. The highest BCUT2D eigenvalue weighted by Crippen LogP contribution is 2.04. The number of amides is 1. The first-order valence-electron chi connectivity index (χ1n) is 3.49. The lowest BCUT2D eigenvalue weighted by Crippen LogP contribution is -2.21. The van der Waals surface area contributed by atoms with Crippen LogP contribution in [-0.4, -0.2) is 24.9 Å². The zero-order chi connectivity index (χ0) is 9.14. The Labute approximate surface area is 70.6 Å². The monoisotopic (exact) mass is 166 g/mol. The molecule has 0 saturated heterocycles. The van der Waals surface area contributed by atoms with Crippen molar-refractivity contribution in [2.45, 2.75) is 0 Å². The molecule has 12 heavy (non-hydrogen) atoms. The highest BCUT2D eigenvalue weighted by atomic mass is 19.1. The van der Waals surface area contributed by atoms with E-state index in [1.54, 1.807) is 14.1 Å². The minimum atomic E-state index is -0.442. The molecule has 0 atom stereocenters. The minimum absolute atomic E-state index is 0.217. The van der Waals surface area contributed by atoms with Crippen LogP contribution in [0.4, 0.5) is 4.39 Å². The molecule has 0 aromatic heterocycles. The van der Waals surface area contributed by atoms with Crippen LogP contribution in [0, 0.1) is 11.9 Å². The van der Waals surface area contributed by atoms with E-state index in [-0.39, 0.29) is 5.91 Å². The highest BCUT2D eigenvalue weighted by molar-refractivity contribution is 5.93. The number of rotatable bonds is 1. The van der Waals surface area contributed by atoms with E-state index < -0.39 is 5.82 Å². The van der Waals surface area contributed by atoms with Crippen molar-refractivity contribution in [3.05, 3.63) is 35.6 Å². The molecule has 63 valence electrons. The van der Waals surface area contributed by atoms with Crippen molar-refractivity contribution in [1.82, 2.24) is 4.90 Å². The lowest BCUT2D eigenvalue weighted by atomic mass is 10.2. The van der Waals surface area contributed by atoms with Crippen molar-refractivity contribution in [3.63, 3.8) is 0 Å². The fraction of sp³-hybridized carbons (Fsp3) is 0.222. The van der Waals surface area contributed by atoms with Crippen LogP contribution < -0.4 is 0 Å². The van der Waals surface area contributed by atoms with Gasteiger partial charge in [-0.3, -0.25) is 4.79 Å². The number of nitrogens with zero attached hydrogens (tertiary/aromatic N) is 1. The molecule has 0 spiro atoms. The van der Waals surface area contributed by atoms with Gasteiger partial charge in [0.2, 0.25) is 0 Å². The highest BCUT2D eigenvalue weighted by Gasteiger charge is 2.07. The smallest absolute Gasteiger partial charge is 0.253 e. The summed E-state index contributed by atoms with van der Waals surface area (Å²) in [6.07, 6.45) is 0. The number of hydrogen-bond acceptors (Lipinski definition) is 1. The Morgan fingerprint density at radius 1 is 1.50 bits per heavy atom. The first-order valence-corrected chi connectivity index (χ1v) is 3.49. The molecule has 2 nitrogen and oxygen atoms in total. The van der Waals surface area contributed by atoms with Gasteiger partial charge in [0.1, 0.15) is 5.82 Å². The van der Waals surface area contributed by atoms with Crippen LogP contribution in [0.5, 0.6) is 0 Å². The molecule has 0 N–H and O–H groups in total. The molecule has 3 heteroatoms. The summed E-state index contributed by atoms with van der Waals surface area (Å²) in [5, 5.41) is 0. The van der Waals surface area contributed by atoms with Gasteiger partial charge in [0.05, 0.1) is 0 Å². The van der Waals surface area contributed by atoms with Crippen molar-refractivity contribution in [1.29, 1.82) is 0 Å². The van der Waals surface area contributed by atoms with Crippen molar-refractivity contribution in [3.8, 4) is 0 Å². The summed E-state index contributed by atoms with van der Waals surface area (Å²) < 4.78 is 12.6. The Bertz CT molecular complexity index is 296. The van der Waals surface area contributed by atoms with E-state index in [2.05, 4.69) is 6.07 Å². The van der Waals surface area contributed by atoms with Crippen LogP contribution in [-0.2, 0) is 0 Å². The van der Waals surface area contributed by atoms with Gasteiger partial charge in [-0.05, 0) is 24.3 Å². The van der Waals surface area contributed by atoms with Crippen molar-refractivity contribution in [2.24, 2.45) is 0 Å². The van der Waals surface area contributed by atoms with Gasteiger partial charge in [0, 0.05) is 19.7 Å². The number of carbonyl (C=O) groups excluding carboxylic acids is 1. The van der Waals surface area contributed by atoms with Gasteiger partial charge in [-0.15, -0.1) is 0 Å². The molecule has 0 saturated carbocycles. The fourth-order valence-corrected chi connectivity index (χ4v) is 0.825. The summed E-state index contributed by atoms with van der Waals surface area (Å²) in [5.74, 6) is -0.659. The molecule has 0 bridgehead atoms. The number of benzene rings is 1. The first-order chi connectivity index (χ1) is 5.61. The average Bonchev–Trinajstić information content (AvgIpc) is 2.03. The molecule has 0 aliphatic carbocycles. The lowest BCUT2D eigenvalue weighted by molar-refractivity contribution is 0.0827. The largest absolute Gasteiger partial charge is 0.345 e. The topological polar surface area (TPSA) is 20.3 Å². The van der Waals surface area contributed by atoms with Gasteiger partial charge in [0.15, 0.2) is 0 Å². The maximum absolute atomic E-state index is 12.6. The van der Waals surface area contributed by atoms with Crippen molar-refractivity contribution >= 4 is 5.91 Å². The van der Waals surface area contributed by atoms with E-state index in [4.69, 9.17) is 0 Å². The predicted molar refractivity (Wildman–Crippen MR) is 43.3 cm³/mol.